The summed E-state index contributed by atoms with van der Waals surface area (Å²) in [5.41, 5.74) is 7.54. The Morgan fingerprint density at radius 2 is 1.65 bits per heavy atom. The van der Waals surface area contributed by atoms with Crippen molar-refractivity contribution in [3.63, 3.8) is 0 Å². The summed E-state index contributed by atoms with van der Waals surface area (Å²) >= 11 is 3.34. The van der Waals surface area contributed by atoms with Crippen LogP contribution in [0.3, 0.4) is 0 Å². The van der Waals surface area contributed by atoms with Crippen molar-refractivity contribution < 1.29 is 4.79 Å². The standard InChI is InChI=1S/C13H10BrNO.ClH/c14-11-3-1-2-10(8-11)13(16)9-4-6-12(15)7-5-9;/h1-8H,15H2;1H. The highest BCUT2D eigenvalue weighted by molar-refractivity contribution is 9.10. The number of benzene rings is 2. The van der Waals surface area contributed by atoms with Crippen LogP contribution in [0.25, 0.3) is 0 Å². The molecule has 2 rings (SSSR count). The lowest BCUT2D eigenvalue weighted by Gasteiger charge is -2.02. The van der Waals surface area contributed by atoms with Crippen LogP contribution in [0.4, 0.5) is 5.69 Å². The van der Waals surface area contributed by atoms with E-state index < -0.39 is 0 Å². The number of carbonyl (C=O) groups excluding carboxylic acids is 1. The zero-order valence-corrected chi connectivity index (χ0v) is 11.3. The zero-order chi connectivity index (χ0) is 11.5. The first-order valence-corrected chi connectivity index (χ1v) is 5.62. The van der Waals surface area contributed by atoms with Gasteiger partial charge in [-0.25, -0.2) is 0 Å². The fourth-order valence-corrected chi connectivity index (χ4v) is 1.83. The lowest BCUT2D eigenvalue weighted by molar-refractivity contribution is 0.103. The Labute approximate surface area is 114 Å². The van der Waals surface area contributed by atoms with E-state index in [0.29, 0.717) is 16.8 Å². The molecule has 2 aromatic rings. The van der Waals surface area contributed by atoms with Gasteiger partial charge in [-0.3, -0.25) is 4.79 Å². The molecule has 0 aliphatic rings. The van der Waals surface area contributed by atoms with E-state index in [9.17, 15) is 4.79 Å². The molecule has 0 aliphatic heterocycles. The summed E-state index contributed by atoms with van der Waals surface area (Å²) < 4.78 is 0.897. The highest BCUT2D eigenvalue weighted by Gasteiger charge is 2.08. The van der Waals surface area contributed by atoms with Crippen molar-refractivity contribution in [2.24, 2.45) is 0 Å². The van der Waals surface area contributed by atoms with Crippen molar-refractivity contribution >= 4 is 39.8 Å². The third kappa shape index (κ3) is 3.32. The maximum Gasteiger partial charge on any atom is 0.193 e. The van der Waals surface area contributed by atoms with E-state index in [-0.39, 0.29) is 18.2 Å². The summed E-state index contributed by atoms with van der Waals surface area (Å²) in [7, 11) is 0. The van der Waals surface area contributed by atoms with Crippen molar-refractivity contribution in [2.45, 2.75) is 0 Å². The molecule has 0 saturated carbocycles. The maximum atomic E-state index is 12.0. The third-order valence-electron chi connectivity index (χ3n) is 2.26. The van der Waals surface area contributed by atoms with Gasteiger partial charge in [0.05, 0.1) is 0 Å². The summed E-state index contributed by atoms with van der Waals surface area (Å²) in [4.78, 5) is 12.0. The normalized spacial score (nSPS) is 9.47. The molecule has 0 unspecified atom stereocenters. The van der Waals surface area contributed by atoms with Crippen LogP contribution < -0.4 is 5.73 Å². The quantitative estimate of drug-likeness (QED) is 0.679. The van der Waals surface area contributed by atoms with Crippen LogP contribution in [0.2, 0.25) is 0 Å². The molecular weight excluding hydrogens is 302 g/mol. The van der Waals surface area contributed by atoms with E-state index in [4.69, 9.17) is 5.73 Å². The number of carbonyl (C=O) groups is 1. The second-order valence-corrected chi connectivity index (χ2v) is 4.38. The van der Waals surface area contributed by atoms with E-state index in [1.54, 1.807) is 36.4 Å². The number of nitrogen functional groups attached to an aromatic ring is 1. The van der Waals surface area contributed by atoms with Crippen molar-refractivity contribution in [3.8, 4) is 0 Å². The van der Waals surface area contributed by atoms with Gasteiger partial charge in [0, 0.05) is 21.3 Å². The van der Waals surface area contributed by atoms with Crippen LogP contribution in [0.5, 0.6) is 0 Å². The second kappa shape index (κ2) is 5.84. The fraction of sp³-hybridized carbons (Fsp3) is 0. The Hall–Kier alpha value is -1.32. The monoisotopic (exact) mass is 311 g/mol. The topological polar surface area (TPSA) is 43.1 Å². The smallest absolute Gasteiger partial charge is 0.193 e. The molecule has 0 atom stereocenters. The minimum atomic E-state index is 0. The van der Waals surface area contributed by atoms with Crippen LogP contribution in [0, 0.1) is 0 Å². The molecule has 0 aliphatic carbocycles. The van der Waals surface area contributed by atoms with Crippen LogP contribution in [-0.4, -0.2) is 5.78 Å². The number of hydrogen-bond donors (Lipinski definition) is 1. The van der Waals surface area contributed by atoms with Gasteiger partial charge >= 0.3 is 0 Å². The van der Waals surface area contributed by atoms with Gasteiger partial charge in [0.15, 0.2) is 5.78 Å². The van der Waals surface area contributed by atoms with Gasteiger partial charge in [0.1, 0.15) is 0 Å². The van der Waals surface area contributed by atoms with E-state index in [0.717, 1.165) is 4.47 Å². The Morgan fingerprint density at radius 1 is 1.00 bits per heavy atom. The van der Waals surface area contributed by atoms with Crippen molar-refractivity contribution in [1.82, 2.24) is 0 Å². The lowest BCUT2D eigenvalue weighted by atomic mass is 10.0. The largest absolute Gasteiger partial charge is 0.399 e. The van der Waals surface area contributed by atoms with Gasteiger partial charge in [-0.15, -0.1) is 12.4 Å². The molecule has 4 heteroatoms. The van der Waals surface area contributed by atoms with Crippen LogP contribution in [-0.2, 0) is 0 Å². The molecule has 0 spiro atoms. The fourth-order valence-electron chi connectivity index (χ4n) is 1.43. The molecule has 0 fully saturated rings. The highest BCUT2D eigenvalue weighted by atomic mass is 79.9. The molecule has 0 heterocycles. The molecule has 0 aromatic heterocycles. The molecule has 2 aromatic carbocycles. The molecule has 0 bridgehead atoms. The minimum absolute atomic E-state index is 0. The predicted octanol–water partition coefficient (Wildman–Crippen LogP) is 3.68. The van der Waals surface area contributed by atoms with Crippen molar-refractivity contribution in [1.29, 1.82) is 0 Å². The number of nitrogens with two attached hydrogens (primary N) is 1. The first kappa shape index (κ1) is 13.7. The molecule has 88 valence electrons. The van der Waals surface area contributed by atoms with Crippen LogP contribution in [0.15, 0.2) is 53.0 Å². The predicted molar refractivity (Wildman–Crippen MR) is 75.7 cm³/mol. The first-order valence-electron chi connectivity index (χ1n) is 4.82. The summed E-state index contributed by atoms with van der Waals surface area (Å²) in [6.07, 6.45) is 0. The number of hydrogen-bond acceptors (Lipinski definition) is 2. The zero-order valence-electron chi connectivity index (χ0n) is 8.89. The number of ketones is 1. The van der Waals surface area contributed by atoms with E-state index in [1.165, 1.54) is 0 Å². The molecule has 2 nitrogen and oxygen atoms in total. The Morgan fingerprint density at radius 3 is 2.24 bits per heavy atom. The number of anilines is 1. The Bertz CT molecular complexity index is 525. The SMILES string of the molecule is Cl.Nc1ccc(C(=O)c2cccc(Br)c2)cc1. The van der Waals surface area contributed by atoms with Gasteiger partial charge in [-0.2, -0.15) is 0 Å². The Balaban J connectivity index is 0.00000144. The maximum absolute atomic E-state index is 12.0. The summed E-state index contributed by atoms with van der Waals surface area (Å²) in [6, 6.07) is 14.3. The molecule has 2 N–H and O–H groups in total. The molecule has 0 saturated heterocycles. The van der Waals surface area contributed by atoms with E-state index in [1.807, 2.05) is 12.1 Å². The van der Waals surface area contributed by atoms with E-state index in [2.05, 4.69) is 15.9 Å². The summed E-state index contributed by atoms with van der Waals surface area (Å²) in [5, 5.41) is 0. The van der Waals surface area contributed by atoms with Gasteiger partial charge < -0.3 is 5.73 Å². The minimum Gasteiger partial charge on any atom is -0.399 e. The lowest BCUT2D eigenvalue weighted by Crippen LogP contribution is -2.01. The highest BCUT2D eigenvalue weighted by Crippen LogP contribution is 2.16. The first-order chi connectivity index (χ1) is 7.66. The van der Waals surface area contributed by atoms with Crippen molar-refractivity contribution in [2.75, 3.05) is 5.73 Å². The van der Waals surface area contributed by atoms with Gasteiger partial charge in [-0.05, 0) is 36.4 Å². The summed E-state index contributed by atoms with van der Waals surface area (Å²) in [6.45, 7) is 0. The second-order valence-electron chi connectivity index (χ2n) is 3.46. The molecule has 0 amide bonds. The Kier molecular flexibility index (Phi) is 4.73. The van der Waals surface area contributed by atoms with Crippen LogP contribution in [0.1, 0.15) is 15.9 Å². The number of halogens is 2. The van der Waals surface area contributed by atoms with Gasteiger partial charge in [0.2, 0.25) is 0 Å². The third-order valence-corrected chi connectivity index (χ3v) is 2.75. The van der Waals surface area contributed by atoms with Crippen molar-refractivity contribution in [3.05, 3.63) is 64.1 Å². The average molecular weight is 313 g/mol. The van der Waals surface area contributed by atoms with E-state index >= 15 is 0 Å². The van der Waals surface area contributed by atoms with Gasteiger partial charge in [0.25, 0.3) is 0 Å². The summed E-state index contributed by atoms with van der Waals surface area (Å²) in [5.74, 6) is 0.00120. The molecule has 0 radical (unpaired) electrons. The average Bonchev–Trinajstić information content (AvgIpc) is 2.29. The molecule has 17 heavy (non-hydrogen) atoms. The number of rotatable bonds is 2. The van der Waals surface area contributed by atoms with Crippen LogP contribution >= 0.6 is 28.3 Å². The molecular formula is C13H11BrClNO. The van der Waals surface area contributed by atoms with Gasteiger partial charge in [-0.1, -0.05) is 28.1 Å².